The summed E-state index contributed by atoms with van der Waals surface area (Å²) >= 11 is 0. The van der Waals surface area contributed by atoms with Gasteiger partial charge in [-0.25, -0.2) is 0 Å². The standard InChI is InChI=1S/C14H15N3O2/c1-2-8-15-14(19)7-9-17-12-6-4-3-5-11(12)13(18)10-16-17/h2-6,10H,1,7-9H2,(H,15,19). The molecule has 0 fully saturated rings. The third-order valence-corrected chi connectivity index (χ3v) is 2.76. The number of nitrogens with one attached hydrogen (secondary N) is 1. The highest BCUT2D eigenvalue weighted by atomic mass is 16.1. The molecule has 1 heterocycles. The molecule has 0 radical (unpaired) electrons. The number of fused-ring (bicyclic) bond motifs is 1. The summed E-state index contributed by atoms with van der Waals surface area (Å²) in [6.07, 6.45) is 3.22. The van der Waals surface area contributed by atoms with Gasteiger partial charge in [-0.15, -0.1) is 6.58 Å². The Labute approximate surface area is 110 Å². The lowest BCUT2D eigenvalue weighted by Gasteiger charge is -2.08. The number of rotatable bonds is 5. The second-order valence-corrected chi connectivity index (χ2v) is 4.09. The minimum absolute atomic E-state index is 0.0653. The third-order valence-electron chi connectivity index (χ3n) is 2.76. The van der Waals surface area contributed by atoms with Gasteiger partial charge in [-0.05, 0) is 12.1 Å². The summed E-state index contributed by atoms with van der Waals surface area (Å²) in [6, 6.07) is 7.24. The first-order chi connectivity index (χ1) is 9.22. The Kier molecular flexibility index (Phi) is 4.07. The first-order valence-electron chi connectivity index (χ1n) is 6.05. The van der Waals surface area contributed by atoms with Gasteiger partial charge in [0.1, 0.15) is 0 Å². The summed E-state index contributed by atoms with van der Waals surface area (Å²) < 4.78 is 1.67. The zero-order valence-electron chi connectivity index (χ0n) is 10.5. The maximum absolute atomic E-state index is 11.6. The predicted molar refractivity (Wildman–Crippen MR) is 73.8 cm³/mol. The van der Waals surface area contributed by atoms with E-state index in [-0.39, 0.29) is 11.3 Å². The molecular formula is C14H15N3O2. The SMILES string of the molecule is C=CCNC(=O)CCn1ncc(=O)c2ccccc21. The molecule has 1 N–H and O–H groups in total. The number of aromatic nitrogens is 2. The van der Waals surface area contributed by atoms with Crippen LogP contribution in [0.15, 0.2) is 47.9 Å². The maximum atomic E-state index is 11.6. The van der Waals surface area contributed by atoms with Crippen molar-refractivity contribution in [2.75, 3.05) is 6.54 Å². The number of carbonyl (C=O) groups is 1. The molecule has 98 valence electrons. The Morgan fingerprint density at radius 3 is 3.00 bits per heavy atom. The zero-order chi connectivity index (χ0) is 13.7. The number of benzene rings is 1. The van der Waals surface area contributed by atoms with Crippen LogP contribution in [0.5, 0.6) is 0 Å². The summed E-state index contributed by atoms with van der Waals surface area (Å²) in [4.78, 5) is 23.2. The molecule has 0 saturated heterocycles. The number of hydrogen-bond donors (Lipinski definition) is 1. The monoisotopic (exact) mass is 257 g/mol. The Morgan fingerprint density at radius 1 is 1.42 bits per heavy atom. The van der Waals surface area contributed by atoms with E-state index in [2.05, 4.69) is 17.0 Å². The molecule has 2 rings (SSSR count). The molecular weight excluding hydrogens is 242 g/mol. The Morgan fingerprint density at radius 2 is 2.21 bits per heavy atom. The summed E-state index contributed by atoms with van der Waals surface area (Å²) in [5.41, 5.74) is 0.634. The van der Waals surface area contributed by atoms with Crippen LogP contribution in [0.2, 0.25) is 0 Å². The molecule has 0 unspecified atom stereocenters. The van der Waals surface area contributed by atoms with Crippen molar-refractivity contribution >= 4 is 16.8 Å². The van der Waals surface area contributed by atoms with Crippen LogP contribution in [0.25, 0.3) is 10.9 Å². The van der Waals surface area contributed by atoms with Gasteiger partial charge in [0, 0.05) is 18.4 Å². The summed E-state index contributed by atoms with van der Waals surface area (Å²) in [5.74, 6) is -0.0653. The number of aryl methyl sites for hydroxylation is 1. The van der Waals surface area contributed by atoms with E-state index >= 15 is 0 Å². The minimum Gasteiger partial charge on any atom is -0.353 e. The molecule has 2 aromatic rings. The first-order valence-corrected chi connectivity index (χ1v) is 6.05. The molecule has 1 aromatic carbocycles. The fourth-order valence-electron chi connectivity index (χ4n) is 1.82. The zero-order valence-corrected chi connectivity index (χ0v) is 10.5. The molecule has 0 saturated carbocycles. The largest absolute Gasteiger partial charge is 0.353 e. The van der Waals surface area contributed by atoms with E-state index in [4.69, 9.17) is 0 Å². The molecule has 19 heavy (non-hydrogen) atoms. The van der Waals surface area contributed by atoms with Crippen LogP contribution >= 0.6 is 0 Å². The molecule has 1 aromatic heterocycles. The fourth-order valence-corrected chi connectivity index (χ4v) is 1.82. The van der Waals surface area contributed by atoms with Crippen molar-refractivity contribution in [2.45, 2.75) is 13.0 Å². The summed E-state index contributed by atoms with van der Waals surface area (Å²) in [7, 11) is 0. The van der Waals surface area contributed by atoms with Crippen molar-refractivity contribution < 1.29 is 4.79 Å². The van der Waals surface area contributed by atoms with Gasteiger partial charge in [-0.1, -0.05) is 18.2 Å². The van der Waals surface area contributed by atoms with Crippen LogP contribution in [0, 0.1) is 0 Å². The molecule has 5 heteroatoms. The van der Waals surface area contributed by atoms with Crippen molar-refractivity contribution in [1.29, 1.82) is 0 Å². The molecule has 1 amide bonds. The third kappa shape index (κ3) is 3.07. The van der Waals surface area contributed by atoms with Gasteiger partial charge in [0.05, 0.1) is 18.3 Å². The Bertz CT molecular complexity index is 661. The number of amides is 1. The highest BCUT2D eigenvalue weighted by Crippen LogP contribution is 2.08. The van der Waals surface area contributed by atoms with Gasteiger partial charge in [0.15, 0.2) is 0 Å². The van der Waals surface area contributed by atoms with Crippen molar-refractivity contribution in [3.63, 3.8) is 0 Å². The molecule has 0 aliphatic rings. The van der Waals surface area contributed by atoms with Crippen molar-refractivity contribution in [1.82, 2.24) is 15.1 Å². The summed E-state index contributed by atoms with van der Waals surface area (Å²) in [6.45, 7) is 4.42. The van der Waals surface area contributed by atoms with Crippen molar-refractivity contribution in [3.05, 3.63) is 53.3 Å². The normalized spacial score (nSPS) is 10.3. The van der Waals surface area contributed by atoms with E-state index in [0.717, 1.165) is 5.52 Å². The first kappa shape index (κ1) is 13.0. The molecule has 0 bridgehead atoms. The van der Waals surface area contributed by atoms with Gasteiger partial charge in [-0.2, -0.15) is 5.10 Å². The predicted octanol–water partition coefficient (Wildman–Crippen LogP) is 1.09. The van der Waals surface area contributed by atoms with Crippen molar-refractivity contribution in [2.24, 2.45) is 0 Å². The Balaban J connectivity index is 2.17. The highest BCUT2D eigenvalue weighted by Gasteiger charge is 2.05. The van der Waals surface area contributed by atoms with E-state index in [1.54, 1.807) is 16.8 Å². The van der Waals surface area contributed by atoms with E-state index in [1.165, 1.54) is 6.20 Å². The maximum Gasteiger partial charge on any atom is 0.222 e. The highest BCUT2D eigenvalue weighted by molar-refractivity contribution is 5.79. The quantitative estimate of drug-likeness (QED) is 0.815. The van der Waals surface area contributed by atoms with E-state index in [9.17, 15) is 9.59 Å². The average Bonchev–Trinajstić information content (AvgIpc) is 2.45. The van der Waals surface area contributed by atoms with Gasteiger partial charge in [-0.3, -0.25) is 14.3 Å². The molecule has 0 spiro atoms. The van der Waals surface area contributed by atoms with Gasteiger partial charge >= 0.3 is 0 Å². The lowest BCUT2D eigenvalue weighted by molar-refractivity contribution is -0.121. The van der Waals surface area contributed by atoms with Gasteiger partial charge in [0.2, 0.25) is 11.3 Å². The molecule has 0 atom stereocenters. The number of para-hydroxylation sites is 1. The van der Waals surface area contributed by atoms with Crippen LogP contribution in [0.3, 0.4) is 0 Å². The van der Waals surface area contributed by atoms with Crippen molar-refractivity contribution in [3.8, 4) is 0 Å². The second kappa shape index (κ2) is 5.95. The van der Waals surface area contributed by atoms with Crippen LogP contribution in [-0.2, 0) is 11.3 Å². The molecule has 0 aliphatic heterocycles. The summed E-state index contributed by atoms with van der Waals surface area (Å²) in [5, 5.41) is 7.38. The fraction of sp³-hybridized carbons (Fsp3) is 0.214. The van der Waals surface area contributed by atoms with Crippen LogP contribution in [0.4, 0.5) is 0 Å². The lowest BCUT2D eigenvalue weighted by atomic mass is 10.2. The molecule has 5 nitrogen and oxygen atoms in total. The van der Waals surface area contributed by atoms with Crippen LogP contribution < -0.4 is 10.7 Å². The lowest BCUT2D eigenvalue weighted by Crippen LogP contribution is -2.25. The minimum atomic E-state index is -0.108. The average molecular weight is 257 g/mol. The van der Waals surface area contributed by atoms with E-state index < -0.39 is 0 Å². The second-order valence-electron chi connectivity index (χ2n) is 4.09. The van der Waals surface area contributed by atoms with E-state index in [1.807, 2.05) is 18.2 Å². The van der Waals surface area contributed by atoms with Gasteiger partial charge < -0.3 is 5.32 Å². The van der Waals surface area contributed by atoms with Crippen LogP contribution in [-0.4, -0.2) is 22.2 Å². The molecule has 0 aliphatic carbocycles. The number of nitrogens with zero attached hydrogens (tertiary/aromatic N) is 2. The van der Waals surface area contributed by atoms with Crippen LogP contribution in [0.1, 0.15) is 6.42 Å². The number of hydrogen-bond acceptors (Lipinski definition) is 3. The Hall–Kier alpha value is -2.43. The number of carbonyl (C=O) groups excluding carboxylic acids is 1. The smallest absolute Gasteiger partial charge is 0.222 e. The van der Waals surface area contributed by atoms with Gasteiger partial charge in [0.25, 0.3) is 0 Å². The topological polar surface area (TPSA) is 64.0 Å². The van der Waals surface area contributed by atoms with E-state index in [0.29, 0.717) is 24.9 Å².